The maximum Gasteiger partial charge on any atom is 0.237 e. The van der Waals surface area contributed by atoms with Crippen LogP contribution in [0.3, 0.4) is 0 Å². The number of halogens is 1. The highest BCUT2D eigenvalue weighted by Gasteiger charge is 2.22. The molecule has 4 heteroatoms. The van der Waals surface area contributed by atoms with Crippen LogP contribution >= 0.6 is 12.4 Å². The Kier molecular flexibility index (Phi) is 8.62. The minimum Gasteiger partial charge on any atom is -0.354 e. The first-order valence-corrected chi connectivity index (χ1v) is 7.07. The van der Waals surface area contributed by atoms with Crippen molar-refractivity contribution in [2.75, 3.05) is 6.54 Å². The lowest BCUT2D eigenvalue weighted by Crippen LogP contribution is -2.46. The Morgan fingerprint density at radius 3 is 2.67 bits per heavy atom. The minimum absolute atomic E-state index is 0. The highest BCUT2D eigenvalue weighted by Crippen LogP contribution is 2.27. The van der Waals surface area contributed by atoms with E-state index in [0.717, 1.165) is 18.9 Å². The van der Waals surface area contributed by atoms with Crippen LogP contribution in [0.15, 0.2) is 0 Å². The van der Waals surface area contributed by atoms with Gasteiger partial charge in [0.15, 0.2) is 0 Å². The molecule has 0 saturated heterocycles. The molecule has 1 aliphatic rings. The molecule has 0 heterocycles. The van der Waals surface area contributed by atoms with Crippen molar-refractivity contribution in [1.82, 2.24) is 5.32 Å². The van der Waals surface area contributed by atoms with Gasteiger partial charge in [0.25, 0.3) is 0 Å². The topological polar surface area (TPSA) is 55.1 Å². The number of nitrogens with two attached hydrogens (primary N) is 1. The van der Waals surface area contributed by atoms with Crippen LogP contribution in [-0.2, 0) is 4.79 Å². The summed E-state index contributed by atoms with van der Waals surface area (Å²) < 4.78 is 0. The quantitative estimate of drug-likeness (QED) is 0.811. The van der Waals surface area contributed by atoms with Crippen LogP contribution in [0.4, 0.5) is 0 Å². The zero-order valence-electron chi connectivity index (χ0n) is 11.9. The fourth-order valence-corrected chi connectivity index (χ4v) is 2.62. The Morgan fingerprint density at radius 1 is 1.44 bits per heavy atom. The molecule has 0 aromatic rings. The Balaban J connectivity index is 0.00000289. The first-order valence-electron chi connectivity index (χ1n) is 7.07. The molecule has 0 spiro atoms. The molecule has 0 radical (unpaired) electrons. The third-order valence-corrected chi connectivity index (χ3v) is 4.17. The van der Waals surface area contributed by atoms with E-state index in [1.807, 2.05) is 6.92 Å². The summed E-state index contributed by atoms with van der Waals surface area (Å²) in [6, 6.07) is -0.346. The zero-order valence-corrected chi connectivity index (χ0v) is 12.8. The van der Waals surface area contributed by atoms with E-state index < -0.39 is 0 Å². The van der Waals surface area contributed by atoms with E-state index in [1.54, 1.807) is 0 Å². The van der Waals surface area contributed by atoms with Gasteiger partial charge in [-0.15, -0.1) is 12.4 Å². The van der Waals surface area contributed by atoms with Crippen molar-refractivity contribution in [1.29, 1.82) is 0 Å². The predicted molar refractivity (Wildman–Crippen MR) is 78.8 cm³/mol. The number of hydrogen-bond acceptors (Lipinski definition) is 2. The van der Waals surface area contributed by atoms with Crippen LogP contribution < -0.4 is 11.1 Å². The molecule has 0 aromatic heterocycles. The molecule has 18 heavy (non-hydrogen) atoms. The lowest BCUT2D eigenvalue weighted by Gasteiger charge is -2.27. The highest BCUT2D eigenvalue weighted by atomic mass is 35.5. The van der Waals surface area contributed by atoms with E-state index in [9.17, 15) is 4.79 Å². The van der Waals surface area contributed by atoms with Gasteiger partial charge in [-0.25, -0.2) is 0 Å². The summed E-state index contributed by atoms with van der Waals surface area (Å²) in [5, 5.41) is 3.02. The van der Waals surface area contributed by atoms with Crippen molar-refractivity contribution >= 4 is 18.3 Å². The minimum atomic E-state index is -0.346. The van der Waals surface area contributed by atoms with Crippen molar-refractivity contribution in [3.8, 4) is 0 Å². The molecule has 1 saturated carbocycles. The molecular formula is C14H29ClN2O. The van der Waals surface area contributed by atoms with Crippen molar-refractivity contribution in [3.63, 3.8) is 0 Å². The van der Waals surface area contributed by atoms with Crippen molar-refractivity contribution in [2.45, 2.75) is 58.9 Å². The smallest absolute Gasteiger partial charge is 0.237 e. The van der Waals surface area contributed by atoms with Gasteiger partial charge in [-0.2, -0.15) is 0 Å². The zero-order chi connectivity index (χ0) is 12.8. The summed E-state index contributed by atoms with van der Waals surface area (Å²) in [5.74, 6) is 1.76. The molecular weight excluding hydrogens is 248 g/mol. The van der Waals surface area contributed by atoms with Crippen LogP contribution in [0.1, 0.15) is 52.9 Å². The average Bonchev–Trinajstić information content (AvgIpc) is 2.34. The molecule has 108 valence electrons. The second kappa shape index (κ2) is 8.76. The summed E-state index contributed by atoms with van der Waals surface area (Å²) in [4.78, 5) is 11.8. The van der Waals surface area contributed by atoms with Gasteiger partial charge in [0.2, 0.25) is 5.91 Å². The van der Waals surface area contributed by atoms with E-state index in [-0.39, 0.29) is 30.3 Å². The predicted octanol–water partition coefficient (Wildman–Crippen LogP) is 2.72. The van der Waals surface area contributed by atoms with Crippen LogP contribution in [0.5, 0.6) is 0 Å². The molecule has 3 nitrogen and oxygen atoms in total. The van der Waals surface area contributed by atoms with Crippen molar-refractivity contribution in [2.24, 2.45) is 23.5 Å². The summed E-state index contributed by atoms with van der Waals surface area (Å²) >= 11 is 0. The lowest BCUT2D eigenvalue weighted by atomic mass is 9.82. The fraction of sp³-hybridized carbons (Fsp3) is 0.929. The molecule has 0 aromatic carbocycles. The van der Waals surface area contributed by atoms with Gasteiger partial charge in [-0.3, -0.25) is 4.79 Å². The van der Waals surface area contributed by atoms with Crippen LogP contribution in [0.2, 0.25) is 0 Å². The number of carbonyl (C=O) groups is 1. The van der Waals surface area contributed by atoms with Gasteiger partial charge >= 0.3 is 0 Å². The summed E-state index contributed by atoms with van der Waals surface area (Å²) in [7, 11) is 0. The average molecular weight is 277 g/mol. The number of hydrogen-bond donors (Lipinski definition) is 2. The van der Waals surface area contributed by atoms with Gasteiger partial charge < -0.3 is 11.1 Å². The van der Waals surface area contributed by atoms with Crippen LogP contribution in [0.25, 0.3) is 0 Å². The molecule has 4 atom stereocenters. The molecule has 0 bridgehead atoms. The fourth-order valence-electron chi connectivity index (χ4n) is 2.62. The summed E-state index contributed by atoms with van der Waals surface area (Å²) in [6.07, 6.45) is 6.10. The van der Waals surface area contributed by atoms with E-state index in [0.29, 0.717) is 5.92 Å². The number of carbonyl (C=O) groups excluding carboxylic acids is 1. The largest absolute Gasteiger partial charge is 0.354 e. The lowest BCUT2D eigenvalue weighted by molar-refractivity contribution is -0.123. The highest BCUT2D eigenvalue weighted by molar-refractivity contribution is 5.85. The van der Waals surface area contributed by atoms with Crippen molar-refractivity contribution < 1.29 is 4.79 Å². The maximum atomic E-state index is 11.8. The standard InChI is InChI=1S/C14H28N2O.ClH/c1-4-11(3)13(15)14(17)16-9-12-7-5-6-10(2)8-12;/h10-13H,4-9,15H2,1-3H3,(H,16,17);1H. The van der Waals surface area contributed by atoms with Gasteiger partial charge in [0, 0.05) is 6.54 Å². The molecule has 0 aliphatic heterocycles. The molecule has 1 rings (SSSR count). The Labute approximate surface area is 118 Å². The normalized spacial score (nSPS) is 26.9. The van der Waals surface area contributed by atoms with E-state index in [4.69, 9.17) is 5.73 Å². The van der Waals surface area contributed by atoms with E-state index in [2.05, 4.69) is 19.2 Å². The maximum absolute atomic E-state index is 11.8. The third kappa shape index (κ3) is 5.57. The van der Waals surface area contributed by atoms with Gasteiger partial charge in [0.05, 0.1) is 6.04 Å². The Hall–Kier alpha value is -0.280. The molecule has 1 fully saturated rings. The summed E-state index contributed by atoms with van der Waals surface area (Å²) in [5.41, 5.74) is 5.90. The monoisotopic (exact) mass is 276 g/mol. The summed E-state index contributed by atoms with van der Waals surface area (Å²) in [6.45, 7) is 7.22. The molecule has 1 amide bonds. The Morgan fingerprint density at radius 2 is 2.11 bits per heavy atom. The van der Waals surface area contributed by atoms with E-state index in [1.165, 1.54) is 25.7 Å². The Bertz CT molecular complexity index is 248. The molecule has 3 N–H and O–H groups in total. The van der Waals surface area contributed by atoms with Gasteiger partial charge in [0.1, 0.15) is 0 Å². The number of amides is 1. The third-order valence-electron chi connectivity index (χ3n) is 4.17. The second-order valence-electron chi connectivity index (χ2n) is 5.79. The van der Waals surface area contributed by atoms with Gasteiger partial charge in [-0.1, -0.05) is 40.0 Å². The molecule has 1 aliphatic carbocycles. The first-order chi connectivity index (χ1) is 8.04. The molecule has 4 unspecified atom stereocenters. The van der Waals surface area contributed by atoms with Crippen molar-refractivity contribution in [3.05, 3.63) is 0 Å². The SMILES string of the molecule is CCC(C)C(N)C(=O)NCC1CCCC(C)C1.Cl. The van der Waals surface area contributed by atoms with Gasteiger partial charge in [-0.05, 0) is 30.6 Å². The number of rotatable bonds is 5. The number of nitrogens with one attached hydrogen (secondary N) is 1. The van der Waals surface area contributed by atoms with E-state index >= 15 is 0 Å². The second-order valence-corrected chi connectivity index (χ2v) is 5.79. The van der Waals surface area contributed by atoms with Crippen LogP contribution in [-0.4, -0.2) is 18.5 Å². The van der Waals surface area contributed by atoms with Crippen LogP contribution in [0, 0.1) is 17.8 Å². The first kappa shape index (κ1) is 17.7.